The maximum atomic E-state index is 14.0. The lowest BCUT2D eigenvalue weighted by Gasteiger charge is -2.11. The van der Waals surface area contributed by atoms with Crippen molar-refractivity contribution in [1.82, 2.24) is 0 Å². The van der Waals surface area contributed by atoms with Crippen LogP contribution in [0.25, 0.3) is 0 Å². The van der Waals surface area contributed by atoms with Gasteiger partial charge < -0.3 is 10.1 Å². The zero-order chi connectivity index (χ0) is 19.1. The van der Waals surface area contributed by atoms with Gasteiger partial charge in [-0.3, -0.25) is 14.4 Å². The number of esters is 1. The number of halogens is 1. The fourth-order valence-corrected chi connectivity index (χ4v) is 2.99. The molecule has 1 amide bonds. The average Bonchev–Trinajstić information content (AvgIpc) is 2.59. The standard InChI is InChI=1S/C19H18FNO4S/c1-12(26-15-6-4-3-5-7-15)19(24)25-11-18(23)16-9-8-14(10-17(16)20)21-13(2)22/h3-10,12H,11H2,1-2H3,(H,21,22)/t12-/m0/s1. The zero-order valence-electron chi connectivity index (χ0n) is 14.3. The van der Waals surface area contributed by atoms with E-state index in [9.17, 15) is 18.8 Å². The van der Waals surface area contributed by atoms with Crippen molar-refractivity contribution in [3.63, 3.8) is 0 Å². The molecule has 0 saturated carbocycles. The van der Waals surface area contributed by atoms with Crippen LogP contribution in [0.5, 0.6) is 0 Å². The Kier molecular flexibility index (Phi) is 6.91. The fraction of sp³-hybridized carbons (Fsp3) is 0.211. The molecule has 26 heavy (non-hydrogen) atoms. The predicted molar refractivity (Wildman–Crippen MR) is 97.8 cm³/mol. The number of hydrogen-bond acceptors (Lipinski definition) is 5. The Bertz CT molecular complexity index is 810. The molecular weight excluding hydrogens is 357 g/mol. The van der Waals surface area contributed by atoms with Crippen molar-refractivity contribution in [3.05, 3.63) is 59.9 Å². The fourth-order valence-electron chi connectivity index (χ4n) is 2.11. The highest BCUT2D eigenvalue weighted by molar-refractivity contribution is 8.00. The van der Waals surface area contributed by atoms with Gasteiger partial charge in [-0.2, -0.15) is 0 Å². The van der Waals surface area contributed by atoms with E-state index in [2.05, 4.69) is 5.32 Å². The van der Waals surface area contributed by atoms with Crippen LogP contribution in [0.4, 0.5) is 10.1 Å². The number of nitrogens with one attached hydrogen (secondary N) is 1. The number of ketones is 1. The molecule has 0 spiro atoms. The summed E-state index contributed by atoms with van der Waals surface area (Å²) in [6.45, 7) is 2.42. The summed E-state index contributed by atoms with van der Waals surface area (Å²) in [6, 6.07) is 13.0. The Morgan fingerprint density at radius 3 is 2.46 bits per heavy atom. The highest BCUT2D eigenvalue weighted by Crippen LogP contribution is 2.23. The molecule has 5 nitrogen and oxygen atoms in total. The first-order valence-electron chi connectivity index (χ1n) is 7.85. The van der Waals surface area contributed by atoms with E-state index in [1.165, 1.54) is 30.8 Å². The number of benzene rings is 2. The van der Waals surface area contributed by atoms with Crippen molar-refractivity contribution in [2.24, 2.45) is 0 Å². The molecule has 136 valence electrons. The molecule has 0 heterocycles. The van der Waals surface area contributed by atoms with Gasteiger partial charge in [0.15, 0.2) is 6.61 Å². The molecule has 0 aliphatic heterocycles. The molecule has 1 atom stereocenters. The Labute approximate surface area is 154 Å². The molecular formula is C19H18FNO4S. The molecule has 0 bridgehead atoms. The third-order valence-corrected chi connectivity index (χ3v) is 4.41. The maximum absolute atomic E-state index is 14.0. The third-order valence-electron chi connectivity index (χ3n) is 3.32. The second kappa shape index (κ2) is 9.15. The van der Waals surface area contributed by atoms with Crippen LogP contribution in [0.3, 0.4) is 0 Å². The van der Waals surface area contributed by atoms with Gasteiger partial charge in [0.25, 0.3) is 0 Å². The number of amides is 1. The van der Waals surface area contributed by atoms with Crippen LogP contribution in [0.1, 0.15) is 24.2 Å². The van der Waals surface area contributed by atoms with Gasteiger partial charge in [-0.05, 0) is 37.3 Å². The van der Waals surface area contributed by atoms with Crippen LogP contribution in [0.15, 0.2) is 53.4 Å². The van der Waals surface area contributed by atoms with E-state index in [0.29, 0.717) is 0 Å². The van der Waals surface area contributed by atoms with E-state index in [4.69, 9.17) is 4.74 Å². The van der Waals surface area contributed by atoms with Crippen molar-refractivity contribution >= 4 is 35.1 Å². The van der Waals surface area contributed by atoms with Gasteiger partial charge in [-0.25, -0.2) is 4.39 Å². The van der Waals surface area contributed by atoms with Gasteiger partial charge in [0, 0.05) is 17.5 Å². The van der Waals surface area contributed by atoms with Gasteiger partial charge in [0.05, 0.1) is 5.56 Å². The largest absolute Gasteiger partial charge is 0.456 e. The Hall–Kier alpha value is -2.67. The number of carbonyl (C=O) groups is 3. The number of carbonyl (C=O) groups excluding carboxylic acids is 3. The maximum Gasteiger partial charge on any atom is 0.319 e. The molecule has 0 fully saturated rings. The number of ether oxygens (including phenoxy) is 1. The highest BCUT2D eigenvalue weighted by Gasteiger charge is 2.19. The van der Waals surface area contributed by atoms with Crippen molar-refractivity contribution in [2.45, 2.75) is 24.0 Å². The first kappa shape index (κ1) is 19.7. The Balaban J connectivity index is 1.91. The minimum atomic E-state index is -0.788. The molecule has 0 aliphatic carbocycles. The second-order valence-corrected chi connectivity index (χ2v) is 6.89. The molecule has 0 aromatic heterocycles. The van der Waals surface area contributed by atoms with Crippen LogP contribution >= 0.6 is 11.8 Å². The van der Waals surface area contributed by atoms with Gasteiger partial charge in [0.2, 0.25) is 11.7 Å². The predicted octanol–water partition coefficient (Wildman–Crippen LogP) is 3.69. The van der Waals surface area contributed by atoms with E-state index in [1.54, 1.807) is 6.92 Å². The summed E-state index contributed by atoms with van der Waals surface area (Å²) in [5.41, 5.74) is 0.0479. The molecule has 2 aromatic rings. The Morgan fingerprint density at radius 1 is 1.15 bits per heavy atom. The van der Waals surface area contributed by atoms with E-state index >= 15 is 0 Å². The van der Waals surface area contributed by atoms with Crippen molar-refractivity contribution in [1.29, 1.82) is 0 Å². The van der Waals surface area contributed by atoms with Crippen LogP contribution in [0.2, 0.25) is 0 Å². The lowest BCUT2D eigenvalue weighted by Crippen LogP contribution is -2.21. The molecule has 2 aromatic carbocycles. The van der Waals surface area contributed by atoms with Crippen LogP contribution < -0.4 is 5.32 Å². The quantitative estimate of drug-likeness (QED) is 0.454. The zero-order valence-corrected chi connectivity index (χ0v) is 15.1. The minimum absolute atomic E-state index is 0.199. The third kappa shape index (κ3) is 5.70. The lowest BCUT2D eigenvalue weighted by atomic mass is 10.1. The highest BCUT2D eigenvalue weighted by atomic mass is 32.2. The second-order valence-electron chi connectivity index (χ2n) is 5.48. The molecule has 1 N–H and O–H groups in total. The monoisotopic (exact) mass is 375 g/mol. The summed E-state index contributed by atoms with van der Waals surface area (Å²) >= 11 is 1.31. The molecule has 0 aliphatic rings. The van der Waals surface area contributed by atoms with Crippen LogP contribution in [-0.4, -0.2) is 29.5 Å². The first-order valence-corrected chi connectivity index (χ1v) is 8.73. The summed E-state index contributed by atoms with van der Waals surface area (Å²) in [5.74, 6) is -2.34. The first-order chi connectivity index (χ1) is 12.4. The van der Waals surface area contributed by atoms with Crippen LogP contribution in [0, 0.1) is 5.82 Å². The number of Topliss-reactive ketones (excluding diaryl/α,β-unsaturated/α-hetero) is 1. The summed E-state index contributed by atoms with van der Waals surface area (Å²) in [6.07, 6.45) is 0. The normalized spacial score (nSPS) is 11.5. The van der Waals surface area contributed by atoms with E-state index in [1.807, 2.05) is 30.3 Å². The van der Waals surface area contributed by atoms with E-state index in [-0.39, 0.29) is 17.2 Å². The summed E-state index contributed by atoms with van der Waals surface area (Å²) < 4.78 is 19.0. The lowest BCUT2D eigenvalue weighted by molar-refractivity contribution is -0.141. The minimum Gasteiger partial charge on any atom is -0.456 e. The summed E-state index contributed by atoms with van der Waals surface area (Å²) in [4.78, 5) is 35.9. The number of anilines is 1. The van der Waals surface area contributed by atoms with E-state index < -0.39 is 29.4 Å². The van der Waals surface area contributed by atoms with Gasteiger partial charge in [-0.1, -0.05) is 18.2 Å². The van der Waals surface area contributed by atoms with Crippen molar-refractivity contribution in [3.8, 4) is 0 Å². The van der Waals surface area contributed by atoms with E-state index in [0.717, 1.165) is 11.0 Å². The van der Waals surface area contributed by atoms with Gasteiger partial charge in [0.1, 0.15) is 11.1 Å². The number of thioether (sulfide) groups is 1. The Morgan fingerprint density at radius 2 is 1.85 bits per heavy atom. The van der Waals surface area contributed by atoms with Gasteiger partial charge in [-0.15, -0.1) is 11.8 Å². The summed E-state index contributed by atoms with van der Waals surface area (Å²) in [5, 5.41) is 1.92. The SMILES string of the molecule is CC(=O)Nc1ccc(C(=O)COC(=O)[C@H](C)Sc2ccccc2)c(F)c1. The molecule has 0 radical (unpaired) electrons. The topological polar surface area (TPSA) is 72.5 Å². The van der Waals surface area contributed by atoms with Crippen LogP contribution in [-0.2, 0) is 14.3 Å². The average molecular weight is 375 g/mol. The molecule has 0 unspecified atom stereocenters. The van der Waals surface area contributed by atoms with Crippen molar-refractivity contribution in [2.75, 3.05) is 11.9 Å². The molecule has 7 heteroatoms. The van der Waals surface area contributed by atoms with Crippen molar-refractivity contribution < 1.29 is 23.5 Å². The molecule has 2 rings (SSSR count). The molecule has 0 saturated heterocycles. The number of hydrogen-bond donors (Lipinski definition) is 1. The van der Waals surface area contributed by atoms with Gasteiger partial charge >= 0.3 is 5.97 Å². The smallest absolute Gasteiger partial charge is 0.319 e. The summed E-state index contributed by atoms with van der Waals surface area (Å²) in [7, 11) is 0. The number of rotatable bonds is 7.